The molecule has 3 heterocycles. The summed E-state index contributed by atoms with van der Waals surface area (Å²) in [6.45, 7) is 3.88. The Balaban J connectivity index is 1.87. The van der Waals surface area contributed by atoms with Gasteiger partial charge in [-0.3, -0.25) is 0 Å². The summed E-state index contributed by atoms with van der Waals surface area (Å²) in [5.41, 5.74) is 1.97. The summed E-state index contributed by atoms with van der Waals surface area (Å²) in [5.74, 6) is 1.86. The van der Waals surface area contributed by atoms with Crippen molar-refractivity contribution in [3.63, 3.8) is 0 Å². The number of pyridine rings is 1. The zero-order valence-electron chi connectivity index (χ0n) is 12.2. The lowest BCUT2D eigenvalue weighted by molar-refractivity contribution is 0.187. The summed E-state index contributed by atoms with van der Waals surface area (Å²) < 4.78 is 7.44. The highest BCUT2D eigenvalue weighted by molar-refractivity contribution is 5.71. The fourth-order valence-corrected chi connectivity index (χ4v) is 3.03. The maximum absolute atomic E-state index is 5.22. The van der Waals surface area contributed by atoms with E-state index in [9.17, 15) is 0 Å². The van der Waals surface area contributed by atoms with E-state index in [-0.39, 0.29) is 0 Å². The van der Waals surface area contributed by atoms with Crippen LogP contribution in [-0.2, 0) is 17.7 Å². The fraction of sp³-hybridized carbons (Fsp3) is 0.600. The number of hydrogen-bond donors (Lipinski definition) is 0. The van der Waals surface area contributed by atoms with Gasteiger partial charge in [0, 0.05) is 32.8 Å². The van der Waals surface area contributed by atoms with Crippen LogP contribution in [-0.4, -0.2) is 53.3 Å². The summed E-state index contributed by atoms with van der Waals surface area (Å²) in [6.07, 6.45) is 4.13. The van der Waals surface area contributed by atoms with Gasteiger partial charge in [0.05, 0.1) is 6.61 Å². The Kier molecular flexibility index (Phi) is 3.98. The molecule has 5 nitrogen and oxygen atoms in total. The van der Waals surface area contributed by atoms with Crippen molar-refractivity contribution >= 4 is 11.2 Å². The lowest BCUT2D eigenvalue weighted by atomic mass is 10.0. The summed E-state index contributed by atoms with van der Waals surface area (Å²) in [6, 6.07) is 3.99. The standard InChI is InChI=1S/C15H22N4O/c1-18-7-5-12(11-18)10-14-17-13-4-3-6-16-15(13)19(14)8-9-20-2/h3-4,6,12H,5,7-11H2,1-2H3. The zero-order chi connectivity index (χ0) is 13.9. The van der Waals surface area contributed by atoms with E-state index in [4.69, 9.17) is 9.72 Å². The number of methoxy groups -OCH3 is 1. The van der Waals surface area contributed by atoms with E-state index in [0.717, 1.165) is 30.0 Å². The molecule has 5 heteroatoms. The van der Waals surface area contributed by atoms with Gasteiger partial charge in [-0.15, -0.1) is 0 Å². The van der Waals surface area contributed by atoms with Gasteiger partial charge in [0.25, 0.3) is 0 Å². The second-order valence-electron chi connectivity index (χ2n) is 5.64. The first-order valence-corrected chi connectivity index (χ1v) is 7.25. The molecule has 108 valence electrons. The van der Waals surface area contributed by atoms with E-state index in [0.29, 0.717) is 12.5 Å². The molecule has 0 radical (unpaired) electrons. The van der Waals surface area contributed by atoms with Gasteiger partial charge in [0.2, 0.25) is 0 Å². The van der Waals surface area contributed by atoms with Crippen molar-refractivity contribution in [2.75, 3.05) is 33.9 Å². The van der Waals surface area contributed by atoms with Gasteiger partial charge >= 0.3 is 0 Å². The number of hydrogen-bond acceptors (Lipinski definition) is 4. The molecule has 1 unspecified atom stereocenters. The average Bonchev–Trinajstić information content (AvgIpc) is 3.00. The fourth-order valence-electron chi connectivity index (χ4n) is 3.03. The minimum absolute atomic E-state index is 0.694. The van der Waals surface area contributed by atoms with E-state index in [1.807, 2.05) is 18.3 Å². The average molecular weight is 274 g/mol. The van der Waals surface area contributed by atoms with Crippen molar-refractivity contribution in [1.82, 2.24) is 19.4 Å². The molecule has 3 rings (SSSR count). The zero-order valence-corrected chi connectivity index (χ0v) is 12.2. The normalized spacial score (nSPS) is 20.0. The van der Waals surface area contributed by atoms with Gasteiger partial charge < -0.3 is 14.2 Å². The molecule has 1 fully saturated rings. The highest BCUT2D eigenvalue weighted by Gasteiger charge is 2.22. The van der Waals surface area contributed by atoms with Gasteiger partial charge in [-0.05, 0) is 38.1 Å². The summed E-state index contributed by atoms with van der Waals surface area (Å²) in [7, 11) is 3.92. The van der Waals surface area contributed by atoms with Crippen molar-refractivity contribution in [3.8, 4) is 0 Å². The molecule has 0 bridgehead atoms. The number of rotatable bonds is 5. The molecule has 0 amide bonds. The Morgan fingerprint density at radius 1 is 1.45 bits per heavy atom. The summed E-state index contributed by atoms with van der Waals surface area (Å²) in [5, 5.41) is 0. The van der Waals surface area contributed by atoms with Gasteiger partial charge in [0.15, 0.2) is 5.65 Å². The molecule has 2 aromatic rings. The van der Waals surface area contributed by atoms with Crippen molar-refractivity contribution in [1.29, 1.82) is 0 Å². The Hall–Kier alpha value is -1.46. The lowest BCUT2D eigenvalue weighted by Gasteiger charge is -2.12. The monoisotopic (exact) mass is 274 g/mol. The predicted octanol–water partition coefficient (Wildman–Crippen LogP) is 1.57. The first-order chi connectivity index (χ1) is 9.78. The van der Waals surface area contributed by atoms with Crippen molar-refractivity contribution in [2.45, 2.75) is 19.4 Å². The topological polar surface area (TPSA) is 43.2 Å². The van der Waals surface area contributed by atoms with Crippen molar-refractivity contribution in [2.24, 2.45) is 5.92 Å². The van der Waals surface area contributed by atoms with Crippen LogP contribution < -0.4 is 0 Å². The Bertz CT molecular complexity index is 580. The van der Waals surface area contributed by atoms with Crippen LogP contribution in [0.2, 0.25) is 0 Å². The third kappa shape index (κ3) is 2.69. The maximum atomic E-state index is 5.22. The van der Waals surface area contributed by atoms with Crippen LogP contribution in [0.15, 0.2) is 18.3 Å². The lowest BCUT2D eigenvalue weighted by Crippen LogP contribution is -2.17. The van der Waals surface area contributed by atoms with E-state index in [1.54, 1.807) is 7.11 Å². The van der Waals surface area contributed by atoms with Gasteiger partial charge in [0.1, 0.15) is 11.3 Å². The van der Waals surface area contributed by atoms with E-state index < -0.39 is 0 Å². The maximum Gasteiger partial charge on any atom is 0.160 e. The van der Waals surface area contributed by atoms with E-state index in [1.165, 1.54) is 19.5 Å². The minimum Gasteiger partial charge on any atom is -0.383 e. The van der Waals surface area contributed by atoms with Crippen LogP contribution in [0.1, 0.15) is 12.2 Å². The molecule has 0 aliphatic carbocycles. The molecule has 1 aliphatic heterocycles. The number of imidazole rings is 1. The van der Waals surface area contributed by atoms with E-state index >= 15 is 0 Å². The minimum atomic E-state index is 0.694. The van der Waals surface area contributed by atoms with Crippen molar-refractivity contribution in [3.05, 3.63) is 24.2 Å². The Morgan fingerprint density at radius 3 is 3.10 bits per heavy atom. The Labute approximate surface area is 119 Å². The third-order valence-electron chi connectivity index (χ3n) is 4.06. The second-order valence-corrected chi connectivity index (χ2v) is 5.64. The molecule has 0 saturated carbocycles. The van der Waals surface area contributed by atoms with Crippen LogP contribution in [0.5, 0.6) is 0 Å². The number of likely N-dealkylation sites (tertiary alicyclic amines) is 1. The number of fused-ring (bicyclic) bond motifs is 1. The largest absolute Gasteiger partial charge is 0.383 e. The third-order valence-corrected chi connectivity index (χ3v) is 4.06. The smallest absolute Gasteiger partial charge is 0.160 e. The van der Waals surface area contributed by atoms with E-state index in [2.05, 4.69) is 21.5 Å². The molecular weight excluding hydrogens is 252 g/mol. The molecule has 1 aliphatic rings. The number of nitrogens with zero attached hydrogens (tertiary/aromatic N) is 4. The molecule has 0 N–H and O–H groups in total. The van der Waals surface area contributed by atoms with Crippen LogP contribution in [0.3, 0.4) is 0 Å². The highest BCUT2D eigenvalue weighted by atomic mass is 16.5. The van der Waals surface area contributed by atoms with Crippen molar-refractivity contribution < 1.29 is 4.74 Å². The van der Waals surface area contributed by atoms with Crippen LogP contribution >= 0.6 is 0 Å². The number of aromatic nitrogens is 3. The molecule has 20 heavy (non-hydrogen) atoms. The predicted molar refractivity (Wildman–Crippen MR) is 78.7 cm³/mol. The van der Waals surface area contributed by atoms with Crippen LogP contribution in [0.25, 0.3) is 11.2 Å². The van der Waals surface area contributed by atoms with Gasteiger partial charge in [-0.1, -0.05) is 0 Å². The SMILES string of the molecule is COCCn1c(CC2CCN(C)C2)nc2cccnc21. The highest BCUT2D eigenvalue weighted by Crippen LogP contribution is 2.22. The molecule has 2 aromatic heterocycles. The molecule has 1 saturated heterocycles. The summed E-state index contributed by atoms with van der Waals surface area (Å²) in [4.78, 5) is 11.7. The molecule has 0 spiro atoms. The van der Waals surface area contributed by atoms with Crippen LogP contribution in [0, 0.1) is 5.92 Å². The van der Waals surface area contributed by atoms with Gasteiger partial charge in [-0.25, -0.2) is 9.97 Å². The quantitative estimate of drug-likeness (QED) is 0.830. The Morgan fingerprint density at radius 2 is 2.35 bits per heavy atom. The first kappa shape index (κ1) is 13.5. The molecule has 1 atom stereocenters. The molecule has 0 aromatic carbocycles. The van der Waals surface area contributed by atoms with Gasteiger partial charge in [-0.2, -0.15) is 0 Å². The second kappa shape index (κ2) is 5.89. The first-order valence-electron chi connectivity index (χ1n) is 7.25. The summed E-state index contributed by atoms with van der Waals surface area (Å²) >= 11 is 0. The van der Waals surface area contributed by atoms with Crippen LogP contribution in [0.4, 0.5) is 0 Å². The molecular formula is C15H22N4O. The number of ether oxygens (including phenoxy) is 1.